The third-order valence-electron chi connectivity index (χ3n) is 2.72. The second-order valence-corrected chi connectivity index (χ2v) is 4.72. The van der Waals surface area contributed by atoms with Crippen molar-refractivity contribution >= 4 is 4.50 Å². The van der Waals surface area contributed by atoms with Gasteiger partial charge in [-0.25, -0.2) is 0 Å². The number of hydrogen-bond acceptors (Lipinski definition) is 3. The molecule has 1 aliphatic rings. The fraction of sp³-hybridized carbons (Fsp3) is 0.615. The number of hydrogen-bond donors (Lipinski definition) is 0. The molecule has 0 atom stereocenters. The van der Waals surface area contributed by atoms with Gasteiger partial charge in [-0.05, 0) is 0 Å². The fourth-order valence-electron chi connectivity index (χ4n) is 1.79. The molecule has 0 unspecified atom stereocenters. The number of allylic oxidation sites excluding steroid dienone is 1. The van der Waals surface area contributed by atoms with Crippen LogP contribution in [0.5, 0.6) is 0 Å². The molecule has 0 saturated carbocycles. The van der Waals surface area contributed by atoms with Gasteiger partial charge in [0.25, 0.3) is 0 Å². The maximum absolute atomic E-state index is 5.39. The van der Waals surface area contributed by atoms with Crippen molar-refractivity contribution in [2.45, 2.75) is 19.3 Å². The molecule has 0 aromatic carbocycles. The van der Waals surface area contributed by atoms with E-state index in [1.165, 1.54) is 4.50 Å². The van der Waals surface area contributed by atoms with E-state index in [0.29, 0.717) is 0 Å². The Morgan fingerprint density at radius 1 is 1.24 bits per heavy atom. The van der Waals surface area contributed by atoms with Crippen molar-refractivity contribution in [1.82, 2.24) is 10.0 Å². The second-order valence-electron chi connectivity index (χ2n) is 3.99. The number of nitrogens with zero attached hydrogens (tertiary/aromatic N) is 2. The van der Waals surface area contributed by atoms with Gasteiger partial charge in [0, 0.05) is 0 Å². The van der Waals surface area contributed by atoms with Crippen LogP contribution in [0.2, 0.25) is 0 Å². The normalized spacial score (nSPS) is 17.0. The zero-order valence-electron chi connectivity index (χ0n) is 10.4. The van der Waals surface area contributed by atoms with Gasteiger partial charge in [0.1, 0.15) is 0 Å². The summed E-state index contributed by atoms with van der Waals surface area (Å²) in [6, 6.07) is 0. The first-order chi connectivity index (χ1) is 8.29. The molecule has 1 fully saturated rings. The Morgan fingerprint density at radius 3 is 2.47 bits per heavy atom. The molecule has 0 aromatic rings. The summed E-state index contributed by atoms with van der Waals surface area (Å²) in [4.78, 5) is 0. The predicted octanol–water partition coefficient (Wildman–Crippen LogP) is 1.75. The Bertz CT molecular complexity index is 262. The number of hydrazine groups is 1. The average Bonchev–Trinajstić information content (AvgIpc) is 2.38. The number of morpholine rings is 1. The van der Waals surface area contributed by atoms with Crippen molar-refractivity contribution in [3.8, 4) is 0 Å². The molecule has 96 valence electrons. The van der Waals surface area contributed by atoms with Crippen LogP contribution < -0.4 is 0 Å². The van der Waals surface area contributed by atoms with E-state index in [-0.39, 0.29) is 0 Å². The van der Waals surface area contributed by atoms with Gasteiger partial charge in [-0.15, -0.1) is 0 Å². The van der Waals surface area contributed by atoms with Gasteiger partial charge in [-0.2, -0.15) is 0 Å². The molecule has 1 saturated heterocycles. The van der Waals surface area contributed by atoms with E-state index in [9.17, 15) is 0 Å². The first-order valence-electron chi connectivity index (χ1n) is 6.14. The Balaban J connectivity index is 2.53. The predicted molar refractivity (Wildman–Crippen MR) is 68.4 cm³/mol. The first-order valence-corrected chi connectivity index (χ1v) is 6.78. The monoisotopic (exact) mass is 274 g/mol. The number of rotatable bonds is 8. The maximum atomic E-state index is 5.39. The SMILES string of the molecule is C=CCC[C](=[Cr])N(CCC=C)N1CCOCC1. The van der Waals surface area contributed by atoms with Gasteiger partial charge in [0.15, 0.2) is 0 Å². The van der Waals surface area contributed by atoms with Crippen LogP contribution in [0.4, 0.5) is 0 Å². The minimum absolute atomic E-state index is 0.819. The van der Waals surface area contributed by atoms with Gasteiger partial charge in [0.05, 0.1) is 0 Å². The molecule has 1 heterocycles. The molecule has 17 heavy (non-hydrogen) atoms. The summed E-state index contributed by atoms with van der Waals surface area (Å²) in [5.41, 5.74) is 0. The average molecular weight is 274 g/mol. The molecule has 0 amide bonds. The van der Waals surface area contributed by atoms with Crippen molar-refractivity contribution in [3.05, 3.63) is 25.3 Å². The fourth-order valence-corrected chi connectivity index (χ4v) is 2.29. The third kappa shape index (κ3) is 5.29. The van der Waals surface area contributed by atoms with Crippen LogP contribution in [0.1, 0.15) is 19.3 Å². The Kier molecular flexibility index (Phi) is 7.67. The van der Waals surface area contributed by atoms with E-state index in [2.05, 4.69) is 39.0 Å². The molecule has 0 bridgehead atoms. The topological polar surface area (TPSA) is 15.7 Å². The summed E-state index contributed by atoms with van der Waals surface area (Å²) in [6.45, 7) is 12.1. The van der Waals surface area contributed by atoms with Crippen molar-refractivity contribution in [2.75, 3.05) is 32.8 Å². The Labute approximate surface area is 113 Å². The zero-order chi connectivity index (χ0) is 12.5. The molecular weight excluding hydrogens is 252 g/mol. The van der Waals surface area contributed by atoms with Crippen LogP contribution in [-0.4, -0.2) is 47.4 Å². The van der Waals surface area contributed by atoms with Gasteiger partial charge in [0.2, 0.25) is 0 Å². The molecule has 4 heteroatoms. The molecule has 0 aromatic heterocycles. The van der Waals surface area contributed by atoms with E-state index in [4.69, 9.17) is 4.74 Å². The van der Waals surface area contributed by atoms with E-state index in [1.807, 2.05) is 12.2 Å². The minimum atomic E-state index is 0.819. The molecule has 0 spiro atoms. The zero-order valence-corrected chi connectivity index (χ0v) is 11.7. The molecule has 3 nitrogen and oxygen atoms in total. The van der Waals surface area contributed by atoms with Crippen molar-refractivity contribution < 1.29 is 20.6 Å². The summed E-state index contributed by atoms with van der Waals surface area (Å²) in [5.74, 6) is 0. The van der Waals surface area contributed by atoms with Gasteiger partial charge >= 0.3 is 113 Å². The van der Waals surface area contributed by atoms with Crippen molar-refractivity contribution in [1.29, 1.82) is 0 Å². The third-order valence-corrected chi connectivity index (χ3v) is 3.37. The van der Waals surface area contributed by atoms with E-state index in [1.54, 1.807) is 0 Å². The van der Waals surface area contributed by atoms with E-state index < -0.39 is 0 Å². The van der Waals surface area contributed by atoms with E-state index in [0.717, 1.165) is 52.1 Å². The van der Waals surface area contributed by atoms with Gasteiger partial charge in [-0.3, -0.25) is 0 Å². The van der Waals surface area contributed by atoms with Gasteiger partial charge in [-0.1, -0.05) is 0 Å². The summed E-state index contributed by atoms with van der Waals surface area (Å²) < 4.78 is 6.68. The van der Waals surface area contributed by atoms with Crippen molar-refractivity contribution in [3.63, 3.8) is 0 Å². The number of ether oxygens (including phenoxy) is 1. The van der Waals surface area contributed by atoms with Crippen LogP contribution in [-0.2, 0) is 20.6 Å². The Hall–Kier alpha value is -0.238. The Morgan fingerprint density at radius 2 is 1.88 bits per heavy atom. The summed E-state index contributed by atoms with van der Waals surface area (Å²) in [5, 5.41) is 4.70. The summed E-state index contributed by atoms with van der Waals surface area (Å²) >= 11 is 3.20. The summed E-state index contributed by atoms with van der Waals surface area (Å²) in [7, 11) is 0. The standard InChI is InChI=1S/C13H22N2O.Cr/c1-3-5-7-9-14(8-6-4-2)15-10-12-16-13-11-15;/h3-4H,1-2,5-8,10-13H2;. The second kappa shape index (κ2) is 8.80. The molecule has 0 radical (unpaired) electrons. The van der Waals surface area contributed by atoms with Crippen LogP contribution in [0, 0.1) is 0 Å². The van der Waals surface area contributed by atoms with Crippen LogP contribution >= 0.6 is 0 Å². The first kappa shape index (κ1) is 14.8. The van der Waals surface area contributed by atoms with Crippen molar-refractivity contribution in [2.24, 2.45) is 0 Å². The summed E-state index contributed by atoms with van der Waals surface area (Å²) in [6.07, 6.45) is 6.96. The molecule has 0 N–H and O–H groups in total. The quantitative estimate of drug-likeness (QED) is 0.627. The molecule has 1 rings (SSSR count). The van der Waals surface area contributed by atoms with Crippen LogP contribution in [0.3, 0.4) is 0 Å². The van der Waals surface area contributed by atoms with Crippen LogP contribution in [0.25, 0.3) is 0 Å². The molecule has 1 aliphatic heterocycles. The molecular formula is C13H22CrN2O. The van der Waals surface area contributed by atoms with E-state index >= 15 is 0 Å². The van der Waals surface area contributed by atoms with Crippen LogP contribution in [0.15, 0.2) is 25.3 Å². The molecule has 0 aliphatic carbocycles. The van der Waals surface area contributed by atoms with Gasteiger partial charge < -0.3 is 0 Å².